The zero-order valence-corrected chi connectivity index (χ0v) is 8.98. The second kappa shape index (κ2) is 3.20. The molecule has 0 bridgehead atoms. The first-order valence-electron chi connectivity index (χ1n) is 4.06. The van der Waals surface area contributed by atoms with Gasteiger partial charge < -0.3 is 4.98 Å². The Morgan fingerprint density at radius 2 is 2.21 bits per heavy atom. The molecule has 0 spiro atoms. The summed E-state index contributed by atoms with van der Waals surface area (Å²) < 4.78 is 13.6. The maximum atomic E-state index is 13.2. The first-order chi connectivity index (χ1) is 6.59. The molecule has 0 aliphatic heterocycles. The van der Waals surface area contributed by atoms with E-state index in [1.54, 1.807) is 12.3 Å². The average molecular weight is 256 g/mol. The zero-order chi connectivity index (χ0) is 10.3. The lowest BCUT2D eigenvalue weighted by Gasteiger charge is -1.96. The first-order valence-corrected chi connectivity index (χ1v) is 4.86. The monoisotopic (exact) mass is 255 g/mol. The highest BCUT2D eigenvalue weighted by molar-refractivity contribution is 9.10. The van der Waals surface area contributed by atoms with Gasteiger partial charge in [0.15, 0.2) is 5.78 Å². The summed E-state index contributed by atoms with van der Waals surface area (Å²) >= 11 is 3.08. The standard InChI is InChI=1S/C10H7BrFNO/c1-5(14)7-4-13-10-3-8(11)9(12)2-6(7)10/h2-4,13H,1H3. The van der Waals surface area contributed by atoms with E-state index in [4.69, 9.17) is 0 Å². The van der Waals surface area contributed by atoms with Crippen molar-refractivity contribution in [3.8, 4) is 0 Å². The normalized spacial score (nSPS) is 10.8. The van der Waals surface area contributed by atoms with Gasteiger partial charge in [0.25, 0.3) is 0 Å². The molecule has 14 heavy (non-hydrogen) atoms. The minimum absolute atomic E-state index is 0.0713. The Morgan fingerprint density at radius 3 is 2.86 bits per heavy atom. The minimum Gasteiger partial charge on any atom is -0.360 e. The number of hydrogen-bond donors (Lipinski definition) is 1. The number of benzene rings is 1. The summed E-state index contributed by atoms with van der Waals surface area (Å²) in [5.41, 5.74) is 1.27. The second-order valence-electron chi connectivity index (χ2n) is 3.07. The number of rotatable bonds is 1. The maximum Gasteiger partial charge on any atom is 0.161 e. The molecular weight excluding hydrogens is 249 g/mol. The van der Waals surface area contributed by atoms with Crippen LogP contribution in [0.4, 0.5) is 4.39 Å². The number of Topliss-reactive ketones (excluding diaryl/α,β-unsaturated/α-hetero) is 1. The number of aromatic nitrogens is 1. The number of aromatic amines is 1. The molecule has 1 aromatic heterocycles. The van der Waals surface area contributed by atoms with Crippen molar-refractivity contribution in [2.75, 3.05) is 0 Å². The molecule has 0 aliphatic rings. The summed E-state index contributed by atoms with van der Waals surface area (Å²) in [5, 5.41) is 0.623. The highest BCUT2D eigenvalue weighted by atomic mass is 79.9. The van der Waals surface area contributed by atoms with Gasteiger partial charge in [0.2, 0.25) is 0 Å². The zero-order valence-electron chi connectivity index (χ0n) is 7.40. The molecule has 0 unspecified atom stereocenters. The van der Waals surface area contributed by atoms with Gasteiger partial charge in [-0.2, -0.15) is 0 Å². The molecule has 2 aromatic rings. The third kappa shape index (κ3) is 1.35. The van der Waals surface area contributed by atoms with Gasteiger partial charge in [-0.25, -0.2) is 4.39 Å². The van der Waals surface area contributed by atoms with E-state index in [0.717, 1.165) is 5.52 Å². The number of nitrogens with one attached hydrogen (secondary N) is 1. The van der Waals surface area contributed by atoms with Crippen molar-refractivity contribution >= 4 is 32.6 Å². The molecule has 72 valence electrons. The first kappa shape index (κ1) is 9.40. The molecular formula is C10H7BrFNO. The summed E-state index contributed by atoms with van der Waals surface area (Å²) in [6.07, 6.45) is 1.60. The maximum absolute atomic E-state index is 13.2. The Morgan fingerprint density at radius 1 is 1.50 bits per heavy atom. The van der Waals surface area contributed by atoms with Gasteiger partial charge in [-0.3, -0.25) is 4.79 Å². The molecule has 0 radical (unpaired) electrons. The van der Waals surface area contributed by atoms with Crippen LogP contribution in [0.2, 0.25) is 0 Å². The number of H-pyrrole nitrogens is 1. The van der Waals surface area contributed by atoms with Crippen LogP contribution >= 0.6 is 15.9 Å². The van der Waals surface area contributed by atoms with E-state index >= 15 is 0 Å². The summed E-state index contributed by atoms with van der Waals surface area (Å²) in [7, 11) is 0. The van der Waals surface area contributed by atoms with Crippen LogP contribution in [0.15, 0.2) is 22.8 Å². The van der Waals surface area contributed by atoms with Crippen LogP contribution in [0.1, 0.15) is 17.3 Å². The summed E-state index contributed by atoms with van der Waals surface area (Å²) in [6, 6.07) is 2.98. The number of hydrogen-bond acceptors (Lipinski definition) is 1. The van der Waals surface area contributed by atoms with Crippen molar-refractivity contribution in [1.29, 1.82) is 0 Å². The summed E-state index contributed by atoms with van der Waals surface area (Å²) in [6.45, 7) is 1.46. The Hall–Kier alpha value is -1.16. The second-order valence-corrected chi connectivity index (χ2v) is 3.92. The molecule has 0 amide bonds. The molecule has 0 saturated carbocycles. The minimum atomic E-state index is -0.361. The molecule has 1 N–H and O–H groups in total. The number of carbonyl (C=O) groups excluding carboxylic acids is 1. The Bertz CT molecular complexity index is 518. The lowest BCUT2D eigenvalue weighted by atomic mass is 10.1. The van der Waals surface area contributed by atoms with Crippen molar-refractivity contribution in [3.05, 3.63) is 34.2 Å². The number of halogens is 2. The van der Waals surface area contributed by atoms with Crippen LogP contribution in [0, 0.1) is 5.82 Å². The topological polar surface area (TPSA) is 32.9 Å². The van der Waals surface area contributed by atoms with E-state index in [1.165, 1.54) is 13.0 Å². The van der Waals surface area contributed by atoms with E-state index < -0.39 is 0 Å². The lowest BCUT2D eigenvalue weighted by Crippen LogP contribution is -1.89. The third-order valence-electron chi connectivity index (χ3n) is 2.10. The van der Waals surface area contributed by atoms with Crippen LogP contribution < -0.4 is 0 Å². The molecule has 2 rings (SSSR count). The van der Waals surface area contributed by atoms with Crippen molar-refractivity contribution < 1.29 is 9.18 Å². The predicted octanol–water partition coefficient (Wildman–Crippen LogP) is 3.27. The average Bonchev–Trinajstić information content (AvgIpc) is 2.48. The molecule has 0 atom stereocenters. The highest BCUT2D eigenvalue weighted by Crippen LogP contribution is 2.25. The van der Waals surface area contributed by atoms with E-state index in [1.807, 2.05) is 0 Å². The van der Waals surface area contributed by atoms with E-state index in [-0.39, 0.29) is 11.6 Å². The van der Waals surface area contributed by atoms with Crippen molar-refractivity contribution in [1.82, 2.24) is 4.98 Å². The van der Waals surface area contributed by atoms with Crippen molar-refractivity contribution in [2.45, 2.75) is 6.92 Å². The number of carbonyl (C=O) groups is 1. The fourth-order valence-electron chi connectivity index (χ4n) is 1.41. The fourth-order valence-corrected chi connectivity index (χ4v) is 1.75. The van der Waals surface area contributed by atoms with Crippen molar-refractivity contribution in [3.63, 3.8) is 0 Å². The van der Waals surface area contributed by atoms with Gasteiger partial charge in [-0.1, -0.05) is 0 Å². The van der Waals surface area contributed by atoms with E-state index in [2.05, 4.69) is 20.9 Å². The van der Waals surface area contributed by atoms with Crippen LogP contribution in [0.5, 0.6) is 0 Å². The van der Waals surface area contributed by atoms with E-state index in [0.29, 0.717) is 15.4 Å². The molecule has 0 aliphatic carbocycles. The van der Waals surface area contributed by atoms with Gasteiger partial charge in [-0.15, -0.1) is 0 Å². The molecule has 0 fully saturated rings. The molecule has 0 saturated heterocycles. The largest absolute Gasteiger partial charge is 0.360 e. The fraction of sp³-hybridized carbons (Fsp3) is 0.100. The van der Waals surface area contributed by atoms with Gasteiger partial charge in [0, 0.05) is 22.7 Å². The van der Waals surface area contributed by atoms with Gasteiger partial charge in [0.05, 0.1) is 4.47 Å². The highest BCUT2D eigenvalue weighted by Gasteiger charge is 2.10. The predicted molar refractivity (Wildman–Crippen MR) is 56.0 cm³/mol. The van der Waals surface area contributed by atoms with Gasteiger partial charge >= 0.3 is 0 Å². The Labute approximate surface area is 88.2 Å². The van der Waals surface area contributed by atoms with Gasteiger partial charge in [0.1, 0.15) is 5.82 Å². The Balaban J connectivity index is 2.80. The van der Waals surface area contributed by atoms with Gasteiger partial charge in [-0.05, 0) is 35.0 Å². The Kier molecular flexibility index (Phi) is 2.15. The summed E-state index contributed by atoms with van der Waals surface area (Å²) in [4.78, 5) is 14.1. The van der Waals surface area contributed by atoms with Crippen molar-refractivity contribution in [2.24, 2.45) is 0 Å². The van der Waals surface area contributed by atoms with E-state index in [9.17, 15) is 9.18 Å². The lowest BCUT2D eigenvalue weighted by molar-refractivity contribution is 0.101. The van der Waals surface area contributed by atoms with Crippen LogP contribution in [-0.4, -0.2) is 10.8 Å². The smallest absolute Gasteiger partial charge is 0.161 e. The molecule has 1 heterocycles. The molecule has 1 aromatic carbocycles. The SMILES string of the molecule is CC(=O)c1c[nH]c2cc(Br)c(F)cc12. The molecule has 2 nitrogen and oxygen atoms in total. The van der Waals surface area contributed by atoms with Crippen LogP contribution in [0.3, 0.4) is 0 Å². The number of ketones is 1. The summed E-state index contributed by atoms with van der Waals surface area (Å²) in [5.74, 6) is -0.433. The molecule has 4 heteroatoms. The third-order valence-corrected chi connectivity index (χ3v) is 2.71. The van der Waals surface area contributed by atoms with Crippen LogP contribution in [0.25, 0.3) is 10.9 Å². The number of fused-ring (bicyclic) bond motifs is 1. The quantitative estimate of drug-likeness (QED) is 0.780. The van der Waals surface area contributed by atoms with Crippen LogP contribution in [-0.2, 0) is 0 Å².